The molecule has 4 saturated carbocycles. The number of hydrogen-bond acceptors (Lipinski definition) is 3. The fraction of sp³-hybridized carbons (Fsp3) is 0.800. The van der Waals surface area contributed by atoms with Gasteiger partial charge in [0.1, 0.15) is 6.07 Å². The van der Waals surface area contributed by atoms with Crippen molar-refractivity contribution in [2.24, 2.45) is 46.8 Å². The van der Waals surface area contributed by atoms with Gasteiger partial charge >= 0.3 is 0 Å². The second kappa shape index (κ2) is 7.25. The average molecular weight is 394 g/mol. The van der Waals surface area contributed by atoms with Crippen LogP contribution in [0, 0.1) is 58.2 Å². The minimum atomic E-state index is 0.155. The summed E-state index contributed by atoms with van der Waals surface area (Å²) in [5.41, 5.74) is 0.691. The molecule has 0 spiro atoms. The number of ketones is 1. The third kappa shape index (κ3) is 3.07. The highest BCUT2D eigenvalue weighted by Gasteiger charge is 2.60. The van der Waals surface area contributed by atoms with Crippen molar-refractivity contribution < 1.29 is 4.79 Å². The molecule has 8 unspecified atom stereocenters. The Morgan fingerprint density at radius 3 is 2.83 bits per heavy atom. The van der Waals surface area contributed by atoms with Crippen LogP contribution in [0.3, 0.4) is 0 Å². The summed E-state index contributed by atoms with van der Waals surface area (Å²) in [4.78, 5) is 13.4. The first-order valence-corrected chi connectivity index (χ1v) is 12.0. The molecule has 1 aromatic rings. The maximum atomic E-state index is 13.4. The predicted octanol–water partition coefficient (Wildman–Crippen LogP) is 5.23. The highest BCUT2D eigenvalue weighted by atomic mass is 16.1. The van der Waals surface area contributed by atoms with Crippen LogP contribution in [0.25, 0.3) is 0 Å². The third-order valence-electron chi connectivity index (χ3n) is 9.66. The van der Waals surface area contributed by atoms with Crippen LogP contribution in [-0.2, 0) is 11.3 Å². The lowest BCUT2D eigenvalue weighted by molar-refractivity contribution is -0.131. The van der Waals surface area contributed by atoms with Crippen LogP contribution in [0.1, 0.15) is 77.2 Å². The molecule has 0 aliphatic heterocycles. The van der Waals surface area contributed by atoms with Gasteiger partial charge in [-0.2, -0.15) is 10.4 Å². The number of carbonyl (C=O) groups excluding carboxylic acids is 1. The van der Waals surface area contributed by atoms with Crippen LogP contribution in [0.15, 0.2) is 12.4 Å². The molecule has 0 bridgehead atoms. The van der Waals surface area contributed by atoms with E-state index in [1.165, 1.54) is 51.4 Å². The predicted molar refractivity (Wildman–Crippen MR) is 112 cm³/mol. The number of rotatable bonds is 3. The van der Waals surface area contributed by atoms with Gasteiger partial charge in [0, 0.05) is 12.1 Å². The first-order valence-electron chi connectivity index (χ1n) is 12.0. The molecule has 156 valence electrons. The van der Waals surface area contributed by atoms with Gasteiger partial charge in [-0.15, -0.1) is 0 Å². The van der Waals surface area contributed by atoms with Crippen LogP contribution < -0.4 is 0 Å². The van der Waals surface area contributed by atoms with Crippen LogP contribution in [0.5, 0.6) is 0 Å². The highest BCUT2D eigenvalue weighted by Crippen LogP contribution is 2.65. The Balaban J connectivity index is 1.36. The van der Waals surface area contributed by atoms with E-state index in [4.69, 9.17) is 5.26 Å². The zero-order valence-corrected chi connectivity index (χ0v) is 18.0. The van der Waals surface area contributed by atoms with Gasteiger partial charge in [-0.05, 0) is 79.4 Å². The van der Waals surface area contributed by atoms with Crippen molar-refractivity contribution >= 4 is 5.78 Å². The quantitative estimate of drug-likeness (QED) is 0.706. The van der Waals surface area contributed by atoms with E-state index in [2.05, 4.69) is 25.0 Å². The number of hydrogen-bond donors (Lipinski definition) is 0. The van der Waals surface area contributed by atoms with Crippen molar-refractivity contribution in [2.75, 3.05) is 0 Å². The second-order valence-electron chi connectivity index (χ2n) is 11.0. The lowest BCUT2D eigenvalue weighted by atomic mass is 9.49. The number of fused-ring (bicyclic) bond motifs is 5. The fourth-order valence-electron chi connectivity index (χ4n) is 8.65. The molecule has 1 heterocycles. The van der Waals surface area contributed by atoms with E-state index in [0.29, 0.717) is 29.7 Å². The van der Waals surface area contributed by atoms with Crippen molar-refractivity contribution in [2.45, 2.75) is 78.2 Å². The average Bonchev–Trinajstić information content (AvgIpc) is 3.29. The van der Waals surface area contributed by atoms with E-state index < -0.39 is 0 Å². The Morgan fingerprint density at radius 1 is 1.21 bits per heavy atom. The summed E-state index contributed by atoms with van der Waals surface area (Å²) in [5, 5.41) is 13.3. The van der Waals surface area contributed by atoms with Crippen LogP contribution >= 0.6 is 0 Å². The molecule has 5 rings (SSSR count). The van der Waals surface area contributed by atoms with E-state index >= 15 is 0 Å². The van der Waals surface area contributed by atoms with E-state index in [1.807, 2.05) is 0 Å². The van der Waals surface area contributed by atoms with Gasteiger partial charge in [0.15, 0.2) is 5.78 Å². The van der Waals surface area contributed by atoms with Gasteiger partial charge in [0.05, 0.1) is 18.3 Å². The molecular formula is C25H35N3O. The Bertz CT molecular complexity index is 822. The molecule has 4 nitrogen and oxygen atoms in total. The smallest absolute Gasteiger partial charge is 0.157 e. The Kier molecular flexibility index (Phi) is 4.84. The summed E-state index contributed by atoms with van der Waals surface area (Å²) in [6.45, 7) is 5.18. The first kappa shape index (κ1) is 19.3. The minimum Gasteiger partial charge on any atom is -0.297 e. The topological polar surface area (TPSA) is 58.7 Å². The van der Waals surface area contributed by atoms with E-state index in [0.717, 1.165) is 30.1 Å². The van der Waals surface area contributed by atoms with Gasteiger partial charge in [0.2, 0.25) is 0 Å². The van der Waals surface area contributed by atoms with Gasteiger partial charge in [-0.3, -0.25) is 9.48 Å². The molecule has 29 heavy (non-hydrogen) atoms. The first-order chi connectivity index (χ1) is 14.0. The summed E-state index contributed by atoms with van der Waals surface area (Å²) >= 11 is 0. The third-order valence-corrected chi connectivity index (χ3v) is 9.66. The largest absolute Gasteiger partial charge is 0.297 e. The molecule has 0 N–H and O–H groups in total. The maximum Gasteiger partial charge on any atom is 0.157 e. The molecule has 8 atom stereocenters. The molecule has 1 aromatic heterocycles. The SMILES string of the molecule is CC1CC(C(=O)Cn2cc(C#N)cn2)C2(C)CCC3C4CCCCC4CCC3C12. The number of carbonyl (C=O) groups is 1. The number of aromatic nitrogens is 2. The van der Waals surface area contributed by atoms with Gasteiger partial charge < -0.3 is 0 Å². The fourth-order valence-corrected chi connectivity index (χ4v) is 8.65. The summed E-state index contributed by atoms with van der Waals surface area (Å²) in [6.07, 6.45) is 15.6. The molecular weight excluding hydrogens is 358 g/mol. The lowest BCUT2D eigenvalue weighted by Gasteiger charge is -2.56. The molecule has 4 heteroatoms. The number of nitrogens with zero attached hydrogens (tertiary/aromatic N) is 3. The van der Waals surface area contributed by atoms with E-state index in [9.17, 15) is 4.79 Å². The van der Waals surface area contributed by atoms with Crippen molar-refractivity contribution in [3.05, 3.63) is 18.0 Å². The minimum absolute atomic E-state index is 0.155. The second-order valence-corrected chi connectivity index (χ2v) is 11.0. The monoisotopic (exact) mass is 393 g/mol. The van der Waals surface area contributed by atoms with Crippen molar-refractivity contribution in [1.29, 1.82) is 5.26 Å². The van der Waals surface area contributed by atoms with Crippen LogP contribution in [0.4, 0.5) is 0 Å². The molecule has 0 saturated heterocycles. The standard InChI is InChI=1S/C25H35N3O/c1-16-11-22(23(29)15-28-14-17(12-26)13-27-28)25(2)10-9-20-19-6-4-3-5-18(19)7-8-21(20)24(16)25/h13-14,16,18-22,24H,3-11,15H2,1-2H3. The van der Waals surface area contributed by atoms with Gasteiger partial charge in [0.25, 0.3) is 0 Å². The van der Waals surface area contributed by atoms with Gasteiger partial charge in [-0.1, -0.05) is 33.1 Å². The zero-order chi connectivity index (χ0) is 20.2. The highest BCUT2D eigenvalue weighted by molar-refractivity contribution is 5.82. The molecule has 0 aromatic carbocycles. The normalized spacial score (nSPS) is 43.7. The maximum absolute atomic E-state index is 13.4. The Labute approximate surface area is 175 Å². The lowest BCUT2D eigenvalue weighted by Crippen LogP contribution is -2.50. The summed E-state index contributed by atoms with van der Waals surface area (Å²) < 4.78 is 1.67. The molecule has 4 fully saturated rings. The number of nitriles is 1. The van der Waals surface area contributed by atoms with Crippen molar-refractivity contribution in [3.8, 4) is 6.07 Å². The molecule has 0 amide bonds. The number of Topliss-reactive ketones (excluding diaryl/α,β-unsaturated/α-hetero) is 1. The molecule has 4 aliphatic carbocycles. The van der Waals surface area contributed by atoms with Crippen molar-refractivity contribution in [3.63, 3.8) is 0 Å². The summed E-state index contributed by atoms with van der Waals surface area (Å²) in [6, 6.07) is 2.11. The van der Waals surface area contributed by atoms with E-state index in [1.54, 1.807) is 17.1 Å². The van der Waals surface area contributed by atoms with Gasteiger partial charge in [-0.25, -0.2) is 0 Å². The van der Waals surface area contributed by atoms with Crippen LogP contribution in [0.2, 0.25) is 0 Å². The zero-order valence-electron chi connectivity index (χ0n) is 18.0. The van der Waals surface area contributed by atoms with Crippen LogP contribution in [-0.4, -0.2) is 15.6 Å². The molecule has 4 aliphatic rings. The van der Waals surface area contributed by atoms with Crippen molar-refractivity contribution in [1.82, 2.24) is 9.78 Å². The Hall–Kier alpha value is -1.63. The van der Waals surface area contributed by atoms with E-state index in [-0.39, 0.29) is 11.3 Å². The molecule has 0 radical (unpaired) electrons. The summed E-state index contributed by atoms with van der Waals surface area (Å²) in [7, 11) is 0. The Morgan fingerprint density at radius 2 is 2.03 bits per heavy atom. The summed E-state index contributed by atoms with van der Waals surface area (Å²) in [5.74, 6) is 5.59.